The van der Waals surface area contributed by atoms with Gasteiger partial charge in [0, 0.05) is 18.7 Å². The molecule has 0 saturated carbocycles. The highest BCUT2D eigenvalue weighted by atomic mass is 16.5. The quantitative estimate of drug-likeness (QED) is 0.733. The monoisotopic (exact) mass is 231 g/mol. The Morgan fingerprint density at radius 3 is 2.65 bits per heavy atom. The van der Waals surface area contributed by atoms with Gasteiger partial charge in [0.25, 0.3) is 5.82 Å². The van der Waals surface area contributed by atoms with Crippen molar-refractivity contribution < 1.29 is 4.74 Å². The number of morpholine rings is 1. The highest BCUT2D eigenvalue weighted by molar-refractivity contribution is 5.55. The molecule has 0 aliphatic carbocycles. The summed E-state index contributed by atoms with van der Waals surface area (Å²) in [6.07, 6.45) is 0. The molecule has 0 unspecified atom stereocenters. The fourth-order valence-corrected chi connectivity index (χ4v) is 1.99. The first kappa shape index (κ1) is 11.9. The van der Waals surface area contributed by atoms with Crippen LogP contribution in [0.15, 0.2) is 12.1 Å². The van der Waals surface area contributed by atoms with E-state index < -0.39 is 0 Å². The van der Waals surface area contributed by atoms with E-state index in [-0.39, 0.29) is 0 Å². The van der Waals surface area contributed by atoms with Crippen LogP contribution in [0.5, 0.6) is 0 Å². The van der Waals surface area contributed by atoms with Gasteiger partial charge in [0.05, 0.1) is 13.2 Å². The summed E-state index contributed by atoms with van der Waals surface area (Å²) in [6.45, 7) is 14.5. The predicted molar refractivity (Wildman–Crippen MR) is 67.6 cm³/mol. The molecule has 4 heteroatoms. The summed E-state index contributed by atoms with van der Waals surface area (Å²) in [5.41, 5.74) is 1.21. The molecule has 0 radical (unpaired) electrons. The number of hydrogen-bond donors (Lipinski definition) is 0. The molecular formula is C13H17N3O. The number of aromatic nitrogens is 1. The minimum absolute atomic E-state index is 0.417. The first-order chi connectivity index (χ1) is 8.22. The van der Waals surface area contributed by atoms with E-state index in [1.165, 1.54) is 5.56 Å². The van der Waals surface area contributed by atoms with Gasteiger partial charge < -0.3 is 14.5 Å². The molecular weight excluding hydrogens is 214 g/mol. The van der Waals surface area contributed by atoms with Gasteiger partial charge in [0.15, 0.2) is 0 Å². The summed E-state index contributed by atoms with van der Waals surface area (Å²) in [5.74, 6) is 1.84. The van der Waals surface area contributed by atoms with Crippen LogP contribution in [0.4, 0.5) is 11.6 Å². The predicted octanol–water partition coefficient (Wildman–Crippen LogP) is 2.59. The van der Waals surface area contributed by atoms with Crippen LogP contribution in [0.1, 0.15) is 25.3 Å². The fraction of sp³-hybridized carbons (Fsp3) is 0.538. The van der Waals surface area contributed by atoms with Crippen LogP contribution in [0.25, 0.3) is 4.85 Å². The molecule has 1 saturated heterocycles. The molecule has 0 atom stereocenters. The molecule has 90 valence electrons. The van der Waals surface area contributed by atoms with Crippen LogP contribution in [0.3, 0.4) is 0 Å². The van der Waals surface area contributed by atoms with E-state index in [0.717, 1.165) is 32.1 Å². The third-order valence-electron chi connectivity index (χ3n) is 2.94. The van der Waals surface area contributed by atoms with E-state index in [9.17, 15) is 0 Å². The number of ether oxygens (including phenoxy) is 1. The normalized spacial score (nSPS) is 16.0. The zero-order chi connectivity index (χ0) is 12.3. The molecule has 1 fully saturated rings. The Morgan fingerprint density at radius 2 is 2.06 bits per heavy atom. The van der Waals surface area contributed by atoms with Gasteiger partial charge in [-0.05, 0) is 12.0 Å². The van der Waals surface area contributed by atoms with E-state index in [1.54, 1.807) is 6.07 Å². The number of anilines is 1. The number of pyridine rings is 1. The molecule has 0 N–H and O–H groups in total. The van der Waals surface area contributed by atoms with Crippen LogP contribution >= 0.6 is 0 Å². The average Bonchev–Trinajstić information content (AvgIpc) is 2.39. The Labute approximate surface area is 102 Å². The van der Waals surface area contributed by atoms with E-state index >= 15 is 0 Å². The van der Waals surface area contributed by atoms with Crippen molar-refractivity contribution in [1.82, 2.24) is 4.98 Å². The largest absolute Gasteiger partial charge is 0.378 e. The lowest BCUT2D eigenvalue weighted by Crippen LogP contribution is -2.37. The Balaban J connectivity index is 2.37. The second-order valence-corrected chi connectivity index (χ2v) is 4.45. The Hall–Kier alpha value is -1.60. The smallest absolute Gasteiger partial charge is 0.271 e. The molecule has 0 amide bonds. The van der Waals surface area contributed by atoms with E-state index in [0.29, 0.717) is 11.7 Å². The van der Waals surface area contributed by atoms with Crippen molar-refractivity contribution in [3.05, 3.63) is 29.1 Å². The summed E-state index contributed by atoms with van der Waals surface area (Å²) < 4.78 is 5.35. The minimum Gasteiger partial charge on any atom is -0.378 e. The molecule has 1 aromatic rings. The topological polar surface area (TPSA) is 29.7 Å². The van der Waals surface area contributed by atoms with Crippen molar-refractivity contribution in [2.75, 3.05) is 31.2 Å². The van der Waals surface area contributed by atoms with Crippen molar-refractivity contribution in [1.29, 1.82) is 0 Å². The SMILES string of the molecule is [C-]#[N+]c1ccc(C(C)C)c(N2CCOCC2)n1. The van der Waals surface area contributed by atoms with Crippen molar-refractivity contribution >= 4 is 11.6 Å². The van der Waals surface area contributed by atoms with E-state index in [1.807, 2.05) is 6.07 Å². The second kappa shape index (κ2) is 5.15. The molecule has 0 spiro atoms. The lowest BCUT2D eigenvalue weighted by molar-refractivity contribution is 0.122. The van der Waals surface area contributed by atoms with Crippen LogP contribution in [-0.2, 0) is 4.74 Å². The molecule has 4 nitrogen and oxygen atoms in total. The molecule has 2 heterocycles. The van der Waals surface area contributed by atoms with Crippen LogP contribution in [0, 0.1) is 6.57 Å². The maximum absolute atomic E-state index is 7.05. The number of nitrogens with zero attached hydrogens (tertiary/aromatic N) is 3. The Morgan fingerprint density at radius 1 is 1.35 bits per heavy atom. The number of hydrogen-bond acceptors (Lipinski definition) is 3. The lowest BCUT2D eigenvalue weighted by atomic mass is 10.0. The zero-order valence-electron chi connectivity index (χ0n) is 10.3. The van der Waals surface area contributed by atoms with Crippen molar-refractivity contribution in [3.8, 4) is 0 Å². The highest BCUT2D eigenvalue weighted by Crippen LogP contribution is 2.28. The average molecular weight is 231 g/mol. The van der Waals surface area contributed by atoms with Crippen molar-refractivity contribution in [2.45, 2.75) is 19.8 Å². The summed E-state index contributed by atoms with van der Waals surface area (Å²) in [5, 5.41) is 0. The maximum Gasteiger partial charge on any atom is 0.271 e. The summed E-state index contributed by atoms with van der Waals surface area (Å²) in [4.78, 5) is 10.1. The van der Waals surface area contributed by atoms with Crippen LogP contribution < -0.4 is 4.90 Å². The lowest BCUT2D eigenvalue weighted by Gasteiger charge is -2.28. The van der Waals surface area contributed by atoms with Gasteiger partial charge in [-0.3, -0.25) is 0 Å². The second-order valence-electron chi connectivity index (χ2n) is 4.45. The molecule has 0 bridgehead atoms. The third-order valence-corrected chi connectivity index (χ3v) is 2.94. The molecule has 0 aromatic carbocycles. The Bertz CT molecular complexity index is 431. The van der Waals surface area contributed by atoms with Gasteiger partial charge in [-0.15, -0.1) is 4.98 Å². The third kappa shape index (κ3) is 2.56. The zero-order valence-corrected chi connectivity index (χ0v) is 10.3. The van der Waals surface area contributed by atoms with Gasteiger partial charge in [0.2, 0.25) is 5.82 Å². The number of rotatable bonds is 2. The fourth-order valence-electron chi connectivity index (χ4n) is 1.99. The van der Waals surface area contributed by atoms with Gasteiger partial charge in [-0.1, -0.05) is 26.5 Å². The Kier molecular flexibility index (Phi) is 3.60. The first-order valence-corrected chi connectivity index (χ1v) is 5.93. The van der Waals surface area contributed by atoms with E-state index in [2.05, 4.69) is 28.6 Å². The maximum atomic E-state index is 7.05. The summed E-state index contributed by atoms with van der Waals surface area (Å²) in [6, 6.07) is 3.82. The van der Waals surface area contributed by atoms with Gasteiger partial charge in [-0.2, -0.15) is 0 Å². The summed E-state index contributed by atoms with van der Waals surface area (Å²) in [7, 11) is 0. The highest BCUT2D eigenvalue weighted by Gasteiger charge is 2.21. The summed E-state index contributed by atoms with van der Waals surface area (Å²) >= 11 is 0. The standard InChI is InChI=1S/C13H17N3O/c1-10(2)11-4-5-12(14-3)15-13(11)16-6-8-17-9-7-16/h4-5,10H,6-9H2,1-2H3. The van der Waals surface area contributed by atoms with Crippen molar-refractivity contribution in [2.24, 2.45) is 0 Å². The van der Waals surface area contributed by atoms with Crippen molar-refractivity contribution in [3.63, 3.8) is 0 Å². The molecule has 1 aliphatic rings. The molecule has 1 aliphatic heterocycles. The first-order valence-electron chi connectivity index (χ1n) is 5.93. The van der Waals surface area contributed by atoms with Crippen LogP contribution in [0.2, 0.25) is 0 Å². The van der Waals surface area contributed by atoms with Gasteiger partial charge in [-0.25, -0.2) is 0 Å². The molecule has 17 heavy (non-hydrogen) atoms. The van der Waals surface area contributed by atoms with E-state index in [4.69, 9.17) is 11.3 Å². The van der Waals surface area contributed by atoms with Gasteiger partial charge >= 0.3 is 0 Å². The molecule has 1 aromatic heterocycles. The minimum atomic E-state index is 0.417. The van der Waals surface area contributed by atoms with Crippen LogP contribution in [-0.4, -0.2) is 31.3 Å². The molecule has 2 rings (SSSR count). The van der Waals surface area contributed by atoms with Gasteiger partial charge in [0.1, 0.15) is 0 Å².